The molecule has 1 saturated carbocycles. The fourth-order valence-electron chi connectivity index (χ4n) is 2.71. The summed E-state index contributed by atoms with van der Waals surface area (Å²) >= 11 is 1.67. The Bertz CT molecular complexity index is 392. The lowest BCUT2D eigenvalue weighted by atomic mass is 9.75. The van der Waals surface area contributed by atoms with Gasteiger partial charge in [0.2, 0.25) is 5.13 Å². The second-order valence-corrected chi connectivity index (χ2v) is 7.40. The highest BCUT2D eigenvalue weighted by Gasteiger charge is 2.29. The van der Waals surface area contributed by atoms with Crippen LogP contribution in [0, 0.1) is 5.41 Å². The summed E-state index contributed by atoms with van der Waals surface area (Å²) in [6.07, 6.45) is 5.28. The van der Waals surface area contributed by atoms with Crippen molar-refractivity contribution in [2.45, 2.75) is 59.0 Å². The highest BCUT2D eigenvalue weighted by molar-refractivity contribution is 7.15. The van der Waals surface area contributed by atoms with Crippen molar-refractivity contribution in [3.63, 3.8) is 0 Å². The summed E-state index contributed by atoms with van der Waals surface area (Å²) in [6, 6.07) is 0.708. The molecule has 2 rings (SSSR count). The molecule has 108 valence electrons. The van der Waals surface area contributed by atoms with Gasteiger partial charge in [0.1, 0.15) is 5.01 Å². The molecule has 0 spiro atoms. The van der Waals surface area contributed by atoms with Crippen LogP contribution in [0.3, 0.4) is 0 Å². The number of hydrogen-bond acceptors (Lipinski definition) is 5. The summed E-state index contributed by atoms with van der Waals surface area (Å²) in [5.74, 6) is 0. The zero-order chi connectivity index (χ0) is 13.9. The summed E-state index contributed by atoms with van der Waals surface area (Å²) in [4.78, 5) is 2.45. The van der Waals surface area contributed by atoms with Gasteiger partial charge in [0.05, 0.1) is 6.54 Å². The van der Waals surface area contributed by atoms with Crippen LogP contribution in [0.2, 0.25) is 0 Å². The van der Waals surface area contributed by atoms with Gasteiger partial charge in [0.25, 0.3) is 0 Å². The van der Waals surface area contributed by atoms with Crippen LogP contribution in [0.1, 0.15) is 51.5 Å². The highest BCUT2D eigenvalue weighted by Crippen LogP contribution is 2.37. The predicted molar refractivity (Wildman–Crippen MR) is 81.6 cm³/mol. The molecule has 1 aliphatic rings. The summed E-state index contributed by atoms with van der Waals surface area (Å²) in [6.45, 7) is 8.68. The molecule has 0 aliphatic heterocycles. The monoisotopic (exact) mass is 282 g/mol. The molecule has 1 fully saturated rings. The van der Waals surface area contributed by atoms with E-state index in [2.05, 4.69) is 48.2 Å². The molecule has 0 bridgehead atoms. The quantitative estimate of drug-likeness (QED) is 0.899. The fraction of sp³-hybridized carbons (Fsp3) is 0.857. The van der Waals surface area contributed by atoms with Gasteiger partial charge in [-0.1, -0.05) is 25.2 Å². The van der Waals surface area contributed by atoms with Crippen molar-refractivity contribution >= 4 is 16.5 Å². The Morgan fingerprint density at radius 1 is 1.32 bits per heavy atom. The number of nitrogens with zero attached hydrogens (tertiary/aromatic N) is 3. The first-order valence-corrected chi connectivity index (χ1v) is 8.08. The minimum Gasteiger partial charge on any atom is -0.360 e. The molecule has 0 amide bonds. The molecule has 0 atom stereocenters. The molecule has 1 heterocycles. The maximum absolute atomic E-state index is 4.26. The van der Waals surface area contributed by atoms with Crippen LogP contribution in [0.15, 0.2) is 0 Å². The van der Waals surface area contributed by atoms with Crippen LogP contribution < -0.4 is 5.32 Å². The van der Waals surface area contributed by atoms with Gasteiger partial charge in [0, 0.05) is 12.6 Å². The maximum Gasteiger partial charge on any atom is 0.205 e. The number of nitrogens with one attached hydrogen (secondary N) is 1. The molecular weight excluding hydrogens is 256 g/mol. The molecule has 1 aromatic heterocycles. The van der Waals surface area contributed by atoms with Gasteiger partial charge in [-0.05, 0) is 45.1 Å². The van der Waals surface area contributed by atoms with Crippen LogP contribution >= 0.6 is 11.3 Å². The molecule has 0 aromatic carbocycles. The molecule has 19 heavy (non-hydrogen) atoms. The standard InChI is InChI=1S/C14H26N4S/c1-5-15-13-17-16-12(19-13)10-18(4)11-6-8-14(2,3)9-7-11/h11H,5-10H2,1-4H3,(H,15,17). The summed E-state index contributed by atoms with van der Waals surface area (Å²) in [7, 11) is 2.22. The topological polar surface area (TPSA) is 41.1 Å². The van der Waals surface area contributed by atoms with Crippen LogP contribution in [0.4, 0.5) is 5.13 Å². The smallest absolute Gasteiger partial charge is 0.205 e. The lowest BCUT2D eigenvalue weighted by Gasteiger charge is -2.38. The van der Waals surface area contributed by atoms with Crippen molar-refractivity contribution in [1.29, 1.82) is 0 Å². The Labute approximate surface area is 120 Å². The zero-order valence-corrected chi connectivity index (χ0v) is 13.4. The third-order valence-corrected chi connectivity index (χ3v) is 4.98. The Morgan fingerprint density at radius 3 is 2.63 bits per heavy atom. The van der Waals surface area contributed by atoms with Crippen molar-refractivity contribution in [2.75, 3.05) is 18.9 Å². The van der Waals surface area contributed by atoms with E-state index in [0.29, 0.717) is 11.5 Å². The Hall–Kier alpha value is -0.680. The van der Waals surface area contributed by atoms with E-state index in [4.69, 9.17) is 0 Å². The van der Waals surface area contributed by atoms with Crippen LogP contribution in [-0.4, -0.2) is 34.7 Å². The minimum atomic E-state index is 0.540. The molecule has 1 aromatic rings. The normalized spacial score (nSPS) is 19.8. The van der Waals surface area contributed by atoms with Gasteiger partial charge < -0.3 is 5.32 Å². The van der Waals surface area contributed by atoms with Crippen molar-refractivity contribution in [3.05, 3.63) is 5.01 Å². The lowest BCUT2D eigenvalue weighted by Crippen LogP contribution is -2.36. The number of rotatable bonds is 5. The van der Waals surface area contributed by atoms with E-state index in [1.54, 1.807) is 11.3 Å². The van der Waals surface area contributed by atoms with Gasteiger partial charge in [0.15, 0.2) is 0 Å². The first kappa shape index (κ1) is 14.7. The second kappa shape index (κ2) is 6.18. The van der Waals surface area contributed by atoms with Crippen LogP contribution in [0.5, 0.6) is 0 Å². The molecule has 1 aliphatic carbocycles. The number of aromatic nitrogens is 2. The zero-order valence-electron chi connectivity index (χ0n) is 12.6. The van der Waals surface area contributed by atoms with Gasteiger partial charge in [-0.15, -0.1) is 10.2 Å². The largest absolute Gasteiger partial charge is 0.360 e. The highest BCUT2D eigenvalue weighted by atomic mass is 32.1. The van der Waals surface area contributed by atoms with E-state index in [-0.39, 0.29) is 0 Å². The molecule has 1 N–H and O–H groups in total. The van der Waals surface area contributed by atoms with Crippen LogP contribution in [-0.2, 0) is 6.54 Å². The van der Waals surface area contributed by atoms with E-state index in [9.17, 15) is 0 Å². The maximum atomic E-state index is 4.26. The average molecular weight is 282 g/mol. The van der Waals surface area contributed by atoms with Crippen molar-refractivity contribution in [2.24, 2.45) is 5.41 Å². The molecular formula is C14H26N4S. The average Bonchev–Trinajstić information content (AvgIpc) is 2.77. The Kier molecular flexibility index (Phi) is 4.79. The Morgan fingerprint density at radius 2 is 2.00 bits per heavy atom. The SMILES string of the molecule is CCNc1nnc(CN(C)C2CCC(C)(C)CC2)s1. The lowest BCUT2D eigenvalue weighted by molar-refractivity contribution is 0.123. The van der Waals surface area contributed by atoms with Gasteiger partial charge in [-0.25, -0.2) is 0 Å². The third-order valence-electron chi connectivity index (χ3n) is 4.11. The molecule has 5 heteroatoms. The summed E-state index contributed by atoms with van der Waals surface area (Å²) < 4.78 is 0. The van der Waals surface area contributed by atoms with Crippen LogP contribution in [0.25, 0.3) is 0 Å². The van der Waals surface area contributed by atoms with E-state index < -0.39 is 0 Å². The first-order chi connectivity index (χ1) is 9.00. The predicted octanol–water partition coefficient (Wildman–Crippen LogP) is 3.37. The first-order valence-electron chi connectivity index (χ1n) is 7.26. The summed E-state index contributed by atoms with van der Waals surface area (Å²) in [5.41, 5.74) is 0.540. The molecule has 0 radical (unpaired) electrons. The minimum absolute atomic E-state index is 0.540. The number of hydrogen-bond donors (Lipinski definition) is 1. The Balaban J connectivity index is 1.85. The number of anilines is 1. The molecule has 0 saturated heterocycles. The van der Waals surface area contributed by atoms with Crippen molar-refractivity contribution < 1.29 is 0 Å². The van der Waals surface area contributed by atoms with E-state index >= 15 is 0 Å². The fourth-order valence-corrected chi connectivity index (χ4v) is 3.58. The van der Waals surface area contributed by atoms with E-state index in [1.165, 1.54) is 25.7 Å². The van der Waals surface area contributed by atoms with Crippen molar-refractivity contribution in [1.82, 2.24) is 15.1 Å². The third kappa shape index (κ3) is 4.14. The van der Waals surface area contributed by atoms with Gasteiger partial charge in [-0.2, -0.15) is 0 Å². The van der Waals surface area contributed by atoms with E-state index in [1.807, 2.05) is 0 Å². The molecule has 4 nitrogen and oxygen atoms in total. The van der Waals surface area contributed by atoms with Gasteiger partial charge in [-0.3, -0.25) is 4.90 Å². The molecule has 0 unspecified atom stereocenters. The summed E-state index contributed by atoms with van der Waals surface area (Å²) in [5, 5.41) is 13.7. The van der Waals surface area contributed by atoms with Crippen molar-refractivity contribution in [3.8, 4) is 0 Å². The van der Waals surface area contributed by atoms with E-state index in [0.717, 1.165) is 23.2 Å². The second-order valence-electron chi connectivity index (χ2n) is 6.34. The van der Waals surface area contributed by atoms with Gasteiger partial charge >= 0.3 is 0 Å².